The lowest BCUT2D eigenvalue weighted by Crippen LogP contribution is -2.26. The van der Waals surface area contributed by atoms with Crippen LogP contribution in [-0.2, 0) is 6.54 Å². The van der Waals surface area contributed by atoms with Crippen molar-refractivity contribution in [3.8, 4) is 0 Å². The van der Waals surface area contributed by atoms with Gasteiger partial charge in [-0.05, 0) is 60.2 Å². The van der Waals surface area contributed by atoms with Crippen molar-refractivity contribution in [2.75, 3.05) is 10.6 Å². The standard InChI is InChI=1S/C20H17ClN4OS/c21-15-7-9-16(10-8-15)24-20(27)25-18-6-2-1-5-17(18)19(26)23-13-14-4-3-11-22-12-14/h1-12H,13H2,(H,23,26)(H2,24,25,27). The Hall–Kier alpha value is -2.96. The summed E-state index contributed by atoms with van der Waals surface area (Å²) in [6.07, 6.45) is 3.41. The van der Waals surface area contributed by atoms with Gasteiger partial charge in [0.15, 0.2) is 5.11 Å². The zero-order chi connectivity index (χ0) is 19.1. The molecule has 0 aliphatic heterocycles. The molecule has 0 bridgehead atoms. The summed E-state index contributed by atoms with van der Waals surface area (Å²) in [6.45, 7) is 0.397. The lowest BCUT2D eigenvalue weighted by molar-refractivity contribution is 0.0951. The molecule has 7 heteroatoms. The molecule has 27 heavy (non-hydrogen) atoms. The topological polar surface area (TPSA) is 66.0 Å². The number of carbonyl (C=O) groups excluding carboxylic acids is 1. The minimum Gasteiger partial charge on any atom is -0.348 e. The number of hydrogen-bond donors (Lipinski definition) is 3. The lowest BCUT2D eigenvalue weighted by Gasteiger charge is -2.14. The van der Waals surface area contributed by atoms with Crippen LogP contribution in [0, 0.1) is 0 Å². The molecule has 0 unspecified atom stereocenters. The molecule has 2 aromatic carbocycles. The third-order valence-corrected chi connectivity index (χ3v) is 4.15. The van der Waals surface area contributed by atoms with Gasteiger partial charge in [-0.2, -0.15) is 0 Å². The molecule has 0 saturated heterocycles. The molecule has 3 aromatic rings. The molecule has 0 aliphatic carbocycles. The van der Waals surface area contributed by atoms with E-state index < -0.39 is 0 Å². The van der Waals surface area contributed by atoms with Crippen LogP contribution in [0.1, 0.15) is 15.9 Å². The smallest absolute Gasteiger partial charge is 0.253 e. The maximum absolute atomic E-state index is 12.6. The first-order valence-electron chi connectivity index (χ1n) is 8.21. The van der Waals surface area contributed by atoms with Gasteiger partial charge in [0, 0.05) is 29.6 Å². The predicted octanol–water partition coefficient (Wildman–Crippen LogP) is 4.47. The first kappa shape index (κ1) is 18.8. The number of thiocarbonyl (C=S) groups is 1. The van der Waals surface area contributed by atoms with E-state index in [1.165, 1.54) is 0 Å². The number of hydrogen-bond acceptors (Lipinski definition) is 3. The predicted molar refractivity (Wildman–Crippen MR) is 113 cm³/mol. The van der Waals surface area contributed by atoms with Crippen molar-refractivity contribution in [1.82, 2.24) is 10.3 Å². The van der Waals surface area contributed by atoms with Crippen LogP contribution < -0.4 is 16.0 Å². The number of benzene rings is 2. The van der Waals surface area contributed by atoms with E-state index in [0.717, 1.165) is 11.3 Å². The Balaban J connectivity index is 1.65. The normalized spacial score (nSPS) is 10.1. The van der Waals surface area contributed by atoms with Gasteiger partial charge in [0.25, 0.3) is 5.91 Å². The monoisotopic (exact) mass is 396 g/mol. The summed E-state index contributed by atoms with van der Waals surface area (Å²) in [7, 11) is 0. The van der Waals surface area contributed by atoms with Crippen LogP contribution in [0.15, 0.2) is 73.1 Å². The average Bonchev–Trinajstić information content (AvgIpc) is 2.69. The summed E-state index contributed by atoms with van der Waals surface area (Å²) in [5, 5.41) is 10.0. The summed E-state index contributed by atoms with van der Waals surface area (Å²) in [4.78, 5) is 16.6. The number of nitrogens with one attached hydrogen (secondary N) is 3. The molecule has 1 amide bonds. The maximum Gasteiger partial charge on any atom is 0.253 e. The fourth-order valence-electron chi connectivity index (χ4n) is 2.39. The van der Waals surface area contributed by atoms with E-state index in [0.29, 0.717) is 27.9 Å². The van der Waals surface area contributed by atoms with Gasteiger partial charge in [0.1, 0.15) is 0 Å². The molecular formula is C20H17ClN4OS. The minimum atomic E-state index is -0.198. The second kappa shape index (κ2) is 9.12. The quantitative estimate of drug-likeness (QED) is 0.555. The van der Waals surface area contributed by atoms with Gasteiger partial charge in [-0.25, -0.2) is 0 Å². The maximum atomic E-state index is 12.6. The number of carbonyl (C=O) groups is 1. The number of para-hydroxylation sites is 1. The molecule has 136 valence electrons. The van der Waals surface area contributed by atoms with Crippen molar-refractivity contribution in [3.63, 3.8) is 0 Å². The van der Waals surface area contributed by atoms with Gasteiger partial charge in [0.05, 0.1) is 11.3 Å². The summed E-state index contributed by atoms with van der Waals surface area (Å²) in [5.41, 5.74) is 2.85. The fourth-order valence-corrected chi connectivity index (χ4v) is 2.74. The first-order chi connectivity index (χ1) is 13.1. The van der Waals surface area contributed by atoms with Crippen LogP contribution in [0.2, 0.25) is 5.02 Å². The molecule has 0 saturated carbocycles. The number of pyridine rings is 1. The highest BCUT2D eigenvalue weighted by atomic mass is 35.5. The first-order valence-corrected chi connectivity index (χ1v) is 9.00. The Kier molecular flexibility index (Phi) is 6.35. The Morgan fingerprint density at radius 1 is 1.00 bits per heavy atom. The average molecular weight is 397 g/mol. The molecule has 0 spiro atoms. The second-order valence-corrected chi connectivity index (χ2v) is 6.52. The van der Waals surface area contributed by atoms with Gasteiger partial charge in [-0.3, -0.25) is 9.78 Å². The summed E-state index contributed by atoms with van der Waals surface area (Å²) < 4.78 is 0. The van der Waals surface area contributed by atoms with Crippen LogP contribution >= 0.6 is 23.8 Å². The van der Waals surface area contributed by atoms with Crippen molar-refractivity contribution in [1.29, 1.82) is 0 Å². The van der Waals surface area contributed by atoms with Crippen molar-refractivity contribution >= 4 is 46.2 Å². The van der Waals surface area contributed by atoms with Crippen LogP contribution in [-0.4, -0.2) is 16.0 Å². The van der Waals surface area contributed by atoms with E-state index in [1.54, 1.807) is 42.7 Å². The SMILES string of the molecule is O=C(NCc1cccnc1)c1ccccc1NC(=S)Nc1ccc(Cl)cc1. The van der Waals surface area contributed by atoms with Gasteiger partial charge < -0.3 is 16.0 Å². The van der Waals surface area contributed by atoms with Crippen molar-refractivity contribution in [2.45, 2.75) is 6.54 Å². The Morgan fingerprint density at radius 2 is 1.78 bits per heavy atom. The van der Waals surface area contributed by atoms with E-state index in [4.69, 9.17) is 23.8 Å². The number of rotatable bonds is 5. The molecule has 3 rings (SSSR count). The molecule has 1 heterocycles. The third-order valence-electron chi connectivity index (χ3n) is 3.70. The zero-order valence-corrected chi connectivity index (χ0v) is 15.8. The largest absolute Gasteiger partial charge is 0.348 e. The second-order valence-electron chi connectivity index (χ2n) is 5.68. The van der Waals surface area contributed by atoms with Gasteiger partial charge >= 0.3 is 0 Å². The molecule has 0 radical (unpaired) electrons. The highest BCUT2D eigenvalue weighted by molar-refractivity contribution is 7.80. The van der Waals surface area contributed by atoms with Crippen molar-refractivity contribution in [3.05, 3.63) is 89.2 Å². The number of anilines is 2. The van der Waals surface area contributed by atoms with Gasteiger partial charge in [-0.1, -0.05) is 29.8 Å². The van der Waals surface area contributed by atoms with Crippen LogP contribution in [0.4, 0.5) is 11.4 Å². The molecular weight excluding hydrogens is 380 g/mol. The van der Waals surface area contributed by atoms with Crippen LogP contribution in [0.25, 0.3) is 0 Å². The number of amides is 1. The van der Waals surface area contributed by atoms with Gasteiger partial charge in [-0.15, -0.1) is 0 Å². The van der Waals surface area contributed by atoms with E-state index in [-0.39, 0.29) is 5.91 Å². The Morgan fingerprint density at radius 3 is 2.52 bits per heavy atom. The lowest BCUT2D eigenvalue weighted by atomic mass is 10.1. The minimum absolute atomic E-state index is 0.198. The highest BCUT2D eigenvalue weighted by Gasteiger charge is 2.12. The molecule has 0 aliphatic rings. The van der Waals surface area contributed by atoms with E-state index in [2.05, 4.69) is 20.9 Å². The Bertz CT molecular complexity index is 932. The fraction of sp³-hybridized carbons (Fsp3) is 0.0500. The summed E-state index contributed by atoms with van der Waals surface area (Å²) in [6, 6.07) is 18.1. The van der Waals surface area contributed by atoms with E-state index in [1.807, 2.05) is 30.3 Å². The van der Waals surface area contributed by atoms with E-state index in [9.17, 15) is 4.79 Å². The highest BCUT2D eigenvalue weighted by Crippen LogP contribution is 2.17. The molecule has 1 aromatic heterocycles. The molecule has 5 nitrogen and oxygen atoms in total. The van der Waals surface area contributed by atoms with Crippen LogP contribution in [0.5, 0.6) is 0 Å². The molecule has 0 atom stereocenters. The van der Waals surface area contributed by atoms with Gasteiger partial charge in [0.2, 0.25) is 0 Å². The number of halogens is 1. The van der Waals surface area contributed by atoms with Crippen molar-refractivity contribution in [2.24, 2.45) is 0 Å². The van der Waals surface area contributed by atoms with Crippen molar-refractivity contribution < 1.29 is 4.79 Å². The summed E-state index contributed by atoms with van der Waals surface area (Å²) >= 11 is 11.2. The molecule has 0 fully saturated rings. The number of nitrogens with zero attached hydrogens (tertiary/aromatic N) is 1. The third kappa shape index (κ3) is 5.51. The van der Waals surface area contributed by atoms with Crippen LogP contribution in [0.3, 0.4) is 0 Å². The van der Waals surface area contributed by atoms with E-state index >= 15 is 0 Å². The Labute approximate surface area is 167 Å². The zero-order valence-electron chi connectivity index (χ0n) is 14.3. The summed E-state index contributed by atoms with van der Waals surface area (Å²) in [5.74, 6) is -0.198. The molecule has 3 N–H and O–H groups in total. The number of aromatic nitrogens is 1.